The average molecular weight is 233 g/mol. The predicted molar refractivity (Wildman–Crippen MR) is 64.1 cm³/mol. The van der Waals surface area contributed by atoms with Crippen LogP contribution in [0.25, 0.3) is 11.3 Å². The summed E-state index contributed by atoms with van der Waals surface area (Å²) in [6.45, 7) is 1.52. The summed E-state index contributed by atoms with van der Waals surface area (Å²) in [4.78, 5) is 15.4. The molecular formula is C12H11NO2S. The van der Waals surface area contributed by atoms with Crippen LogP contribution in [0.1, 0.15) is 16.7 Å². The van der Waals surface area contributed by atoms with E-state index in [1.807, 2.05) is 29.6 Å². The van der Waals surface area contributed by atoms with Gasteiger partial charge in [0, 0.05) is 17.9 Å². The monoisotopic (exact) mass is 233 g/mol. The average Bonchev–Trinajstić information content (AvgIpc) is 2.78. The molecule has 0 amide bonds. The molecule has 0 saturated heterocycles. The Morgan fingerprint density at radius 1 is 1.38 bits per heavy atom. The van der Waals surface area contributed by atoms with Crippen molar-refractivity contribution in [2.24, 2.45) is 0 Å². The van der Waals surface area contributed by atoms with Crippen LogP contribution in [-0.4, -0.2) is 17.9 Å². The van der Waals surface area contributed by atoms with Crippen LogP contribution in [0.2, 0.25) is 0 Å². The molecule has 3 nitrogen and oxygen atoms in total. The van der Waals surface area contributed by atoms with Crippen LogP contribution in [0.5, 0.6) is 5.75 Å². The Morgan fingerprint density at radius 3 is 2.75 bits per heavy atom. The molecule has 0 aliphatic carbocycles. The highest BCUT2D eigenvalue weighted by Gasteiger charge is 2.10. The Balaban J connectivity index is 2.46. The highest BCUT2D eigenvalue weighted by atomic mass is 32.1. The fourth-order valence-electron chi connectivity index (χ4n) is 1.42. The summed E-state index contributed by atoms with van der Waals surface area (Å²) in [5, 5.41) is 2.40. The van der Waals surface area contributed by atoms with Gasteiger partial charge in [-0.2, -0.15) is 0 Å². The minimum absolute atomic E-state index is 0.00820. The fraction of sp³-hybridized carbons (Fsp3) is 0.167. The van der Waals surface area contributed by atoms with E-state index in [0.29, 0.717) is 5.01 Å². The largest absolute Gasteiger partial charge is 0.496 e. The maximum Gasteiger partial charge on any atom is 0.188 e. The third-order valence-electron chi connectivity index (χ3n) is 2.19. The molecule has 0 fully saturated rings. The van der Waals surface area contributed by atoms with Crippen molar-refractivity contribution in [1.29, 1.82) is 0 Å². The van der Waals surface area contributed by atoms with E-state index < -0.39 is 0 Å². The lowest BCUT2D eigenvalue weighted by Gasteiger charge is -2.04. The molecule has 4 heteroatoms. The van der Waals surface area contributed by atoms with Gasteiger partial charge in [0.15, 0.2) is 10.8 Å². The van der Waals surface area contributed by atoms with E-state index in [1.54, 1.807) is 7.11 Å². The smallest absolute Gasteiger partial charge is 0.188 e. The number of carbonyl (C=O) groups is 1. The van der Waals surface area contributed by atoms with Gasteiger partial charge in [0.25, 0.3) is 0 Å². The third-order valence-corrected chi connectivity index (χ3v) is 3.13. The van der Waals surface area contributed by atoms with Crippen molar-refractivity contribution in [2.75, 3.05) is 7.11 Å². The van der Waals surface area contributed by atoms with Gasteiger partial charge in [-0.25, -0.2) is 4.98 Å². The predicted octanol–water partition coefficient (Wildman–Crippen LogP) is 3.02. The number of rotatable bonds is 3. The molecule has 2 aromatic rings. The highest BCUT2D eigenvalue weighted by molar-refractivity contribution is 7.12. The summed E-state index contributed by atoms with van der Waals surface area (Å²) in [5.74, 6) is 0.758. The SMILES string of the molecule is COc1ccccc1-c1csc(C(C)=O)n1. The number of thiazole rings is 1. The first-order valence-corrected chi connectivity index (χ1v) is 5.70. The Morgan fingerprint density at radius 2 is 2.12 bits per heavy atom. The van der Waals surface area contributed by atoms with Crippen LogP contribution in [0, 0.1) is 0 Å². The number of hydrogen-bond acceptors (Lipinski definition) is 4. The Labute approximate surface area is 97.7 Å². The second-order valence-electron chi connectivity index (χ2n) is 3.29. The van der Waals surface area contributed by atoms with Crippen molar-refractivity contribution in [3.8, 4) is 17.0 Å². The summed E-state index contributed by atoms with van der Waals surface area (Å²) in [7, 11) is 1.62. The molecule has 82 valence electrons. The number of para-hydroxylation sites is 1. The van der Waals surface area contributed by atoms with Crippen LogP contribution in [-0.2, 0) is 0 Å². The second kappa shape index (κ2) is 4.45. The molecule has 0 aliphatic heterocycles. The first-order chi connectivity index (χ1) is 7.72. The standard InChI is InChI=1S/C12H11NO2S/c1-8(14)12-13-10(7-16-12)9-5-3-4-6-11(9)15-2/h3-7H,1-2H3. The molecule has 1 aromatic carbocycles. The van der Waals surface area contributed by atoms with Crippen molar-refractivity contribution in [3.05, 3.63) is 34.7 Å². The first kappa shape index (κ1) is 10.8. The number of methoxy groups -OCH3 is 1. The minimum atomic E-state index is -0.00820. The zero-order valence-corrected chi connectivity index (χ0v) is 9.88. The number of hydrogen-bond donors (Lipinski definition) is 0. The summed E-state index contributed by atoms with van der Waals surface area (Å²) in [5.41, 5.74) is 1.70. The maximum absolute atomic E-state index is 11.2. The fourth-order valence-corrected chi connectivity index (χ4v) is 2.14. The number of aromatic nitrogens is 1. The first-order valence-electron chi connectivity index (χ1n) is 4.82. The van der Waals surface area contributed by atoms with Crippen molar-refractivity contribution in [2.45, 2.75) is 6.92 Å². The van der Waals surface area contributed by atoms with Gasteiger partial charge in [0.2, 0.25) is 0 Å². The van der Waals surface area contributed by atoms with Gasteiger partial charge in [-0.1, -0.05) is 12.1 Å². The number of ketones is 1. The number of benzene rings is 1. The molecule has 0 unspecified atom stereocenters. The van der Waals surface area contributed by atoms with Crippen molar-refractivity contribution < 1.29 is 9.53 Å². The molecular weight excluding hydrogens is 222 g/mol. The van der Waals surface area contributed by atoms with Gasteiger partial charge in [-0.3, -0.25) is 4.79 Å². The van der Waals surface area contributed by atoms with Gasteiger partial charge in [-0.05, 0) is 12.1 Å². The molecule has 0 saturated carbocycles. The van der Waals surface area contributed by atoms with E-state index in [0.717, 1.165) is 17.0 Å². The van der Waals surface area contributed by atoms with Gasteiger partial charge >= 0.3 is 0 Å². The number of ether oxygens (including phenoxy) is 1. The zero-order valence-electron chi connectivity index (χ0n) is 9.06. The normalized spacial score (nSPS) is 10.1. The number of carbonyl (C=O) groups excluding carboxylic acids is 1. The van der Waals surface area contributed by atoms with Crippen LogP contribution < -0.4 is 4.74 Å². The summed E-state index contributed by atoms with van der Waals surface area (Å²) in [6, 6.07) is 7.63. The summed E-state index contributed by atoms with van der Waals surface area (Å²) < 4.78 is 5.25. The molecule has 0 radical (unpaired) electrons. The molecule has 0 atom stereocenters. The van der Waals surface area contributed by atoms with E-state index in [9.17, 15) is 4.79 Å². The lowest BCUT2D eigenvalue weighted by atomic mass is 10.1. The molecule has 16 heavy (non-hydrogen) atoms. The van der Waals surface area contributed by atoms with Crippen LogP contribution >= 0.6 is 11.3 Å². The van der Waals surface area contributed by atoms with E-state index in [1.165, 1.54) is 18.3 Å². The Kier molecular flexibility index (Phi) is 3.01. The molecule has 1 heterocycles. The van der Waals surface area contributed by atoms with Crippen molar-refractivity contribution >= 4 is 17.1 Å². The van der Waals surface area contributed by atoms with Gasteiger partial charge in [0.1, 0.15) is 5.75 Å². The second-order valence-corrected chi connectivity index (χ2v) is 4.15. The summed E-state index contributed by atoms with van der Waals surface area (Å²) in [6.07, 6.45) is 0. The van der Waals surface area contributed by atoms with Gasteiger partial charge in [-0.15, -0.1) is 11.3 Å². The van der Waals surface area contributed by atoms with Crippen LogP contribution in [0.3, 0.4) is 0 Å². The number of nitrogens with zero attached hydrogens (tertiary/aromatic N) is 1. The highest BCUT2D eigenvalue weighted by Crippen LogP contribution is 2.30. The minimum Gasteiger partial charge on any atom is -0.496 e. The maximum atomic E-state index is 11.2. The molecule has 1 aromatic heterocycles. The quantitative estimate of drug-likeness (QED) is 0.765. The van der Waals surface area contributed by atoms with E-state index >= 15 is 0 Å². The Bertz CT molecular complexity index is 519. The van der Waals surface area contributed by atoms with Gasteiger partial charge < -0.3 is 4.74 Å². The molecule has 0 N–H and O–H groups in total. The lowest BCUT2D eigenvalue weighted by Crippen LogP contribution is -1.91. The van der Waals surface area contributed by atoms with Crippen LogP contribution in [0.15, 0.2) is 29.6 Å². The van der Waals surface area contributed by atoms with E-state index in [2.05, 4.69) is 4.98 Å². The van der Waals surface area contributed by atoms with E-state index in [-0.39, 0.29) is 5.78 Å². The molecule has 0 aliphatic rings. The molecule has 0 spiro atoms. The third kappa shape index (κ3) is 1.97. The lowest BCUT2D eigenvalue weighted by molar-refractivity contribution is 0.101. The number of Topliss-reactive ketones (excluding diaryl/α,β-unsaturated/α-hetero) is 1. The summed E-state index contributed by atoms with van der Waals surface area (Å²) >= 11 is 1.36. The molecule has 0 bridgehead atoms. The van der Waals surface area contributed by atoms with Crippen LogP contribution in [0.4, 0.5) is 0 Å². The van der Waals surface area contributed by atoms with Crippen molar-refractivity contribution in [3.63, 3.8) is 0 Å². The zero-order chi connectivity index (χ0) is 11.5. The van der Waals surface area contributed by atoms with Gasteiger partial charge in [0.05, 0.1) is 12.8 Å². The van der Waals surface area contributed by atoms with E-state index in [4.69, 9.17) is 4.74 Å². The topological polar surface area (TPSA) is 39.2 Å². The molecule has 2 rings (SSSR count). The van der Waals surface area contributed by atoms with Crippen molar-refractivity contribution in [1.82, 2.24) is 4.98 Å². The Hall–Kier alpha value is -1.68.